The molecule has 0 radical (unpaired) electrons. The number of carbonyl (C=O) groups is 4. The number of carboxylic acid groups (broad SMARTS) is 2. The van der Waals surface area contributed by atoms with Crippen LogP contribution in [-0.2, 0) is 14.2 Å². The van der Waals surface area contributed by atoms with Crippen LogP contribution in [0.25, 0.3) is 0 Å². The molecule has 1 aliphatic heterocycles. The van der Waals surface area contributed by atoms with Crippen LogP contribution < -0.4 is 18.9 Å². The highest BCUT2D eigenvalue weighted by Gasteiger charge is 2.13. The Morgan fingerprint density at radius 2 is 0.708 bits per heavy atom. The van der Waals surface area contributed by atoms with Crippen molar-refractivity contribution < 1.29 is 62.5 Å². The maximum absolute atomic E-state index is 12.5. The van der Waals surface area contributed by atoms with Crippen LogP contribution in [0.1, 0.15) is 92.8 Å². The Hall–Kier alpha value is -5.84. The Labute approximate surface area is 381 Å². The standard InChI is InChI=1S/C50H62N2O13/c53-47(54)39-9-21-45(22-10-39)64-49(57)41-13-17-43(18-14-41)62-31-7-3-1-5-25-51-27-33-59-34-28-52(30-36-61-38-37-60-35-29-51)26-6-2-4-8-32-63-44-19-15-42(16-20-44)50(58)65-46-23-11-40(12-24-46)48(55)56/h9-24H,1-8,25-38H2,(H,53,54)(H,55,56). The predicted octanol–water partition coefficient (Wildman–Crippen LogP) is 7.77. The van der Waals surface area contributed by atoms with Crippen molar-refractivity contribution >= 4 is 23.9 Å². The van der Waals surface area contributed by atoms with Gasteiger partial charge in [0.1, 0.15) is 23.0 Å². The molecule has 0 saturated carbocycles. The molecule has 0 bridgehead atoms. The quantitative estimate of drug-likeness (QED) is 0.0444. The molecule has 0 spiro atoms. The molecule has 1 saturated heterocycles. The van der Waals surface area contributed by atoms with E-state index in [0.29, 0.717) is 75.5 Å². The minimum atomic E-state index is -1.04. The van der Waals surface area contributed by atoms with Crippen LogP contribution >= 0.6 is 0 Å². The maximum Gasteiger partial charge on any atom is 0.343 e. The molecule has 5 rings (SSSR count). The Morgan fingerprint density at radius 3 is 1.06 bits per heavy atom. The first kappa shape index (κ1) is 50.2. The minimum absolute atomic E-state index is 0.118. The highest BCUT2D eigenvalue weighted by Crippen LogP contribution is 2.19. The number of unbranched alkanes of at least 4 members (excludes halogenated alkanes) is 6. The van der Waals surface area contributed by atoms with E-state index in [-0.39, 0.29) is 22.6 Å². The fourth-order valence-electron chi connectivity index (χ4n) is 6.87. The van der Waals surface area contributed by atoms with E-state index in [1.165, 1.54) is 48.5 Å². The second-order valence-electron chi connectivity index (χ2n) is 15.5. The lowest BCUT2D eigenvalue weighted by molar-refractivity contribution is 0.0320. The SMILES string of the molecule is O=C(O)c1ccc(OC(=O)c2ccc(OCCCCCCN3CCOCCOCCN(CCCCCCOc4ccc(C(=O)Oc5ccc(C(=O)O)cc5)cc4)CCOCC3)cc2)cc1. The van der Waals surface area contributed by atoms with Gasteiger partial charge in [-0.05, 0) is 136 Å². The highest BCUT2D eigenvalue weighted by atomic mass is 16.5. The monoisotopic (exact) mass is 898 g/mol. The van der Waals surface area contributed by atoms with E-state index in [0.717, 1.165) is 90.6 Å². The summed E-state index contributed by atoms with van der Waals surface area (Å²) in [7, 11) is 0. The zero-order valence-corrected chi connectivity index (χ0v) is 37.1. The van der Waals surface area contributed by atoms with Gasteiger partial charge >= 0.3 is 23.9 Å². The van der Waals surface area contributed by atoms with E-state index in [1.54, 1.807) is 48.5 Å². The second-order valence-corrected chi connectivity index (χ2v) is 15.5. The molecule has 0 unspecified atom stereocenters. The van der Waals surface area contributed by atoms with Crippen molar-refractivity contribution in [3.63, 3.8) is 0 Å². The Morgan fingerprint density at radius 1 is 0.400 bits per heavy atom. The number of rotatable bonds is 22. The number of esters is 2. The van der Waals surface area contributed by atoms with E-state index in [1.807, 2.05) is 0 Å². The number of ether oxygens (including phenoxy) is 7. The van der Waals surface area contributed by atoms with Gasteiger partial charge in [0.05, 0.1) is 75.1 Å². The van der Waals surface area contributed by atoms with Crippen LogP contribution in [0.3, 0.4) is 0 Å². The van der Waals surface area contributed by atoms with Crippen LogP contribution in [0.4, 0.5) is 0 Å². The van der Waals surface area contributed by atoms with Crippen molar-refractivity contribution in [3.05, 3.63) is 119 Å². The van der Waals surface area contributed by atoms with Gasteiger partial charge in [0.25, 0.3) is 0 Å². The zero-order valence-electron chi connectivity index (χ0n) is 37.1. The topological polar surface area (TPSA) is 180 Å². The van der Waals surface area contributed by atoms with E-state index in [9.17, 15) is 19.2 Å². The van der Waals surface area contributed by atoms with Crippen molar-refractivity contribution in [1.82, 2.24) is 9.80 Å². The predicted molar refractivity (Wildman–Crippen MR) is 243 cm³/mol. The number of benzene rings is 4. The molecule has 0 aliphatic carbocycles. The normalized spacial score (nSPS) is 14.6. The van der Waals surface area contributed by atoms with Crippen LogP contribution in [-0.4, -0.2) is 136 Å². The molecule has 1 heterocycles. The molecule has 350 valence electrons. The molecule has 65 heavy (non-hydrogen) atoms. The zero-order chi connectivity index (χ0) is 45.9. The number of nitrogens with zero attached hydrogens (tertiary/aromatic N) is 2. The van der Waals surface area contributed by atoms with Crippen LogP contribution in [0.2, 0.25) is 0 Å². The van der Waals surface area contributed by atoms with Gasteiger partial charge < -0.3 is 43.4 Å². The number of aromatic carboxylic acids is 2. The lowest BCUT2D eigenvalue weighted by Crippen LogP contribution is -2.34. The molecule has 4 aromatic rings. The summed E-state index contributed by atoms with van der Waals surface area (Å²) in [5.41, 5.74) is 0.979. The van der Waals surface area contributed by atoms with Crippen LogP contribution in [0.15, 0.2) is 97.1 Å². The van der Waals surface area contributed by atoms with Gasteiger partial charge in [-0.2, -0.15) is 0 Å². The first-order valence-electron chi connectivity index (χ1n) is 22.5. The fraction of sp³-hybridized carbons (Fsp3) is 0.440. The summed E-state index contributed by atoms with van der Waals surface area (Å²) in [4.78, 5) is 51.9. The van der Waals surface area contributed by atoms with Gasteiger partial charge in [-0.25, -0.2) is 19.2 Å². The first-order valence-corrected chi connectivity index (χ1v) is 22.5. The summed E-state index contributed by atoms with van der Waals surface area (Å²) >= 11 is 0. The number of hydrogen-bond donors (Lipinski definition) is 2. The molecule has 15 heteroatoms. The third-order valence-corrected chi connectivity index (χ3v) is 10.7. The lowest BCUT2D eigenvalue weighted by Gasteiger charge is -2.23. The molecular weight excluding hydrogens is 837 g/mol. The summed E-state index contributed by atoms with van der Waals surface area (Å²) in [6.45, 7) is 10.3. The van der Waals surface area contributed by atoms with Crippen molar-refractivity contribution in [2.24, 2.45) is 0 Å². The molecule has 0 aromatic heterocycles. The molecule has 1 aliphatic rings. The average molecular weight is 899 g/mol. The average Bonchev–Trinajstić information content (AvgIpc) is 3.32. The molecule has 1 fully saturated rings. The molecular formula is C50H62N2O13. The van der Waals surface area contributed by atoms with Crippen molar-refractivity contribution in [2.75, 3.05) is 92.1 Å². The smallest absolute Gasteiger partial charge is 0.343 e. The Balaban J connectivity index is 0.886. The molecule has 4 aromatic carbocycles. The van der Waals surface area contributed by atoms with Gasteiger partial charge in [-0.15, -0.1) is 0 Å². The number of carboxylic acids is 2. The third-order valence-electron chi connectivity index (χ3n) is 10.7. The summed E-state index contributed by atoms with van der Waals surface area (Å²) in [5.74, 6) is -1.25. The van der Waals surface area contributed by atoms with Crippen LogP contribution in [0, 0.1) is 0 Å². The van der Waals surface area contributed by atoms with Crippen molar-refractivity contribution in [3.8, 4) is 23.0 Å². The summed E-state index contributed by atoms with van der Waals surface area (Å²) < 4.78 is 40.4. The number of hydrogen-bond acceptors (Lipinski definition) is 13. The molecule has 0 atom stereocenters. The van der Waals surface area contributed by atoms with Gasteiger partial charge in [0.2, 0.25) is 0 Å². The van der Waals surface area contributed by atoms with E-state index < -0.39 is 23.9 Å². The summed E-state index contributed by atoms with van der Waals surface area (Å²) in [5, 5.41) is 18.1. The first-order chi connectivity index (χ1) is 31.7. The van der Waals surface area contributed by atoms with Gasteiger partial charge in [0, 0.05) is 26.2 Å². The molecule has 2 N–H and O–H groups in total. The van der Waals surface area contributed by atoms with Gasteiger partial charge in [-0.1, -0.05) is 25.7 Å². The van der Waals surface area contributed by atoms with Crippen LogP contribution in [0.5, 0.6) is 23.0 Å². The fourth-order valence-corrected chi connectivity index (χ4v) is 6.87. The van der Waals surface area contributed by atoms with Gasteiger partial charge in [-0.3, -0.25) is 9.80 Å². The lowest BCUT2D eigenvalue weighted by atomic mass is 10.2. The minimum Gasteiger partial charge on any atom is -0.494 e. The maximum atomic E-state index is 12.5. The third kappa shape index (κ3) is 19.4. The summed E-state index contributed by atoms with van der Waals surface area (Å²) in [6, 6.07) is 24.9. The Kier molecular flexibility index (Phi) is 22.3. The van der Waals surface area contributed by atoms with Crippen molar-refractivity contribution in [1.29, 1.82) is 0 Å². The van der Waals surface area contributed by atoms with Crippen molar-refractivity contribution in [2.45, 2.75) is 51.4 Å². The highest BCUT2D eigenvalue weighted by molar-refractivity contribution is 5.92. The van der Waals surface area contributed by atoms with E-state index in [2.05, 4.69) is 9.80 Å². The Bertz CT molecular complexity index is 1860. The second kappa shape index (κ2) is 28.8. The largest absolute Gasteiger partial charge is 0.494 e. The number of carbonyl (C=O) groups excluding carboxylic acids is 2. The van der Waals surface area contributed by atoms with Gasteiger partial charge in [0.15, 0.2) is 0 Å². The van der Waals surface area contributed by atoms with E-state index in [4.69, 9.17) is 43.4 Å². The molecule has 15 nitrogen and oxygen atoms in total. The van der Waals surface area contributed by atoms with E-state index >= 15 is 0 Å². The molecule has 0 amide bonds. The summed E-state index contributed by atoms with van der Waals surface area (Å²) in [6.07, 6.45) is 8.24.